The van der Waals surface area contributed by atoms with Crippen LogP contribution in [0.1, 0.15) is 54.4 Å². The average molecular weight is 459 g/mol. The highest BCUT2D eigenvalue weighted by Gasteiger charge is 2.40. The van der Waals surface area contributed by atoms with Gasteiger partial charge in [0, 0.05) is 19.6 Å². The number of carboxylic acid groups (broad SMARTS) is 1. The third kappa shape index (κ3) is 9.50. The minimum absolute atomic E-state index is 0.0376. The summed E-state index contributed by atoms with van der Waals surface area (Å²) in [5.41, 5.74) is -1.60. The number of amides is 2. The van der Waals surface area contributed by atoms with Crippen LogP contribution in [0.25, 0.3) is 0 Å². The summed E-state index contributed by atoms with van der Waals surface area (Å²) in [4.78, 5) is 60.7. The predicted molar refractivity (Wildman–Crippen MR) is 110 cm³/mol. The molecule has 1 rings (SSSR count). The zero-order valence-corrected chi connectivity index (χ0v) is 19.4. The summed E-state index contributed by atoms with van der Waals surface area (Å²) in [5.74, 6) is -5.05. The number of aliphatic carboxylic acids is 1. The molecule has 2 amide bonds. The molecule has 0 bridgehead atoms. The smallest absolute Gasteiger partial charge is 0.419 e. The number of rotatable bonds is 7. The fraction of sp³-hybridized carbons (Fsp3) is 0.750. The first kappa shape index (κ1) is 27.1. The maximum atomic E-state index is 12.7. The van der Waals surface area contributed by atoms with Crippen molar-refractivity contribution in [3.8, 4) is 0 Å². The Hall–Kier alpha value is -2.89. The number of carboxylic acids is 1. The van der Waals surface area contributed by atoms with Crippen LogP contribution in [0.3, 0.4) is 0 Å². The van der Waals surface area contributed by atoms with Crippen molar-refractivity contribution >= 4 is 29.9 Å². The van der Waals surface area contributed by atoms with Crippen molar-refractivity contribution in [2.45, 2.75) is 77.9 Å². The molecule has 1 saturated heterocycles. The number of carbonyl (C=O) groups is 5. The number of nitrogens with zero attached hydrogens (tertiary/aromatic N) is 1. The van der Waals surface area contributed by atoms with Gasteiger partial charge in [0.25, 0.3) is 6.23 Å². The fourth-order valence-electron chi connectivity index (χ4n) is 2.74. The van der Waals surface area contributed by atoms with E-state index in [2.05, 4.69) is 10.6 Å². The molecule has 1 heterocycles. The average Bonchev–Trinajstić information content (AvgIpc) is 2.61. The third-order valence-electron chi connectivity index (χ3n) is 3.94. The van der Waals surface area contributed by atoms with Gasteiger partial charge in [-0.2, -0.15) is 0 Å². The van der Waals surface area contributed by atoms with E-state index in [1.807, 2.05) is 0 Å². The van der Waals surface area contributed by atoms with Crippen LogP contribution in [0.2, 0.25) is 0 Å². The van der Waals surface area contributed by atoms with E-state index >= 15 is 0 Å². The van der Waals surface area contributed by atoms with Gasteiger partial charge >= 0.3 is 24.0 Å². The van der Waals surface area contributed by atoms with Crippen molar-refractivity contribution in [2.75, 3.05) is 19.6 Å². The molecule has 0 aromatic carbocycles. The molecular formula is C20H33N3O9. The summed E-state index contributed by atoms with van der Waals surface area (Å²) in [7, 11) is 0. The molecule has 2 atom stereocenters. The highest BCUT2D eigenvalue weighted by molar-refractivity contribution is 6.30. The van der Waals surface area contributed by atoms with Gasteiger partial charge in [0.05, 0.1) is 6.04 Å². The molecule has 1 unspecified atom stereocenters. The molecule has 0 saturated carbocycles. The first-order chi connectivity index (χ1) is 14.6. The van der Waals surface area contributed by atoms with Crippen molar-refractivity contribution in [1.82, 2.24) is 15.5 Å². The van der Waals surface area contributed by atoms with E-state index in [9.17, 15) is 29.1 Å². The monoisotopic (exact) mass is 459 g/mol. The van der Waals surface area contributed by atoms with Crippen molar-refractivity contribution in [2.24, 2.45) is 0 Å². The number of esters is 2. The van der Waals surface area contributed by atoms with Crippen molar-refractivity contribution in [3.63, 3.8) is 0 Å². The van der Waals surface area contributed by atoms with Crippen LogP contribution in [0, 0.1) is 0 Å². The molecule has 0 aromatic rings. The van der Waals surface area contributed by atoms with Crippen molar-refractivity contribution in [1.29, 1.82) is 0 Å². The molecule has 0 radical (unpaired) electrons. The number of carbonyl (C=O) groups excluding carboxylic acids is 4. The molecule has 0 aromatic heterocycles. The Morgan fingerprint density at radius 2 is 1.69 bits per heavy atom. The number of alkyl carbamates (subject to hydrolysis) is 1. The highest BCUT2D eigenvalue weighted by Crippen LogP contribution is 2.14. The standard InChI is InChI=1S/C20H33N3O9/c1-19(2,3)31-17(28)16(27)30-14(15(25)26)23-11-10-21-12(13(23)24)8-7-9-22-18(29)32-20(4,5)6/h12,14,21H,7-11H2,1-6H3,(H,22,29)(H,25,26)/t12-,14?/m0/s1. The number of ether oxygens (including phenoxy) is 3. The Balaban J connectivity index is 2.66. The van der Waals surface area contributed by atoms with Crippen LogP contribution < -0.4 is 10.6 Å². The number of piperazine rings is 1. The maximum Gasteiger partial charge on any atom is 0.419 e. The van der Waals surface area contributed by atoms with Gasteiger partial charge < -0.3 is 30.0 Å². The van der Waals surface area contributed by atoms with Gasteiger partial charge in [0.15, 0.2) is 0 Å². The van der Waals surface area contributed by atoms with E-state index < -0.39 is 53.4 Å². The Morgan fingerprint density at radius 1 is 1.09 bits per heavy atom. The van der Waals surface area contributed by atoms with Gasteiger partial charge in [-0.05, 0) is 54.4 Å². The Labute approximate surface area is 186 Å². The quantitative estimate of drug-likeness (QED) is 0.210. The molecule has 182 valence electrons. The molecule has 0 aliphatic carbocycles. The lowest BCUT2D eigenvalue weighted by Gasteiger charge is -2.36. The molecule has 1 aliphatic rings. The second-order valence-corrected chi connectivity index (χ2v) is 9.21. The molecule has 1 aliphatic heterocycles. The highest BCUT2D eigenvalue weighted by atomic mass is 16.6. The van der Waals surface area contributed by atoms with E-state index in [-0.39, 0.29) is 26.1 Å². The van der Waals surface area contributed by atoms with Gasteiger partial charge in [0.1, 0.15) is 11.2 Å². The van der Waals surface area contributed by atoms with Gasteiger partial charge in [-0.1, -0.05) is 0 Å². The summed E-state index contributed by atoms with van der Waals surface area (Å²) in [6.45, 7) is 10.3. The normalized spacial score (nSPS) is 17.9. The van der Waals surface area contributed by atoms with Crippen molar-refractivity contribution in [3.05, 3.63) is 0 Å². The molecule has 12 nitrogen and oxygen atoms in total. The molecular weight excluding hydrogens is 426 g/mol. The van der Waals surface area contributed by atoms with Crippen LogP contribution in [0.4, 0.5) is 4.79 Å². The molecule has 32 heavy (non-hydrogen) atoms. The van der Waals surface area contributed by atoms with E-state index in [4.69, 9.17) is 14.2 Å². The summed E-state index contributed by atoms with van der Waals surface area (Å²) < 4.78 is 14.8. The maximum absolute atomic E-state index is 12.7. The zero-order chi connectivity index (χ0) is 24.7. The van der Waals surface area contributed by atoms with Crippen LogP contribution in [0.5, 0.6) is 0 Å². The lowest BCUT2D eigenvalue weighted by atomic mass is 10.1. The van der Waals surface area contributed by atoms with Crippen LogP contribution in [-0.4, -0.2) is 83.0 Å². The summed E-state index contributed by atoms with van der Waals surface area (Å²) in [5, 5.41) is 15.0. The van der Waals surface area contributed by atoms with Gasteiger partial charge in [-0.3, -0.25) is 9.69 Å². The minimum atomic E-state index is -1.97. The fourth-order valence-corrected chi connectivity index (χ4v) is 2.74. The summed E-state index contributed by atoms with van der Waals surface area (Å²) in [6.07, 6.45) is -1.85. The van der Waals surface area contributed by atoms with E-state index in [1.54, 1.807) is 20.8 Å². The van der Waals surface area contributed by atoms with E-state index in [1.165, 1.54) is 20.8 Å². The zero-order valence-electron chi connectivity index (χ0n) is 19.4. The molecule has 3 N–H and O–H groups in total. The number of hydrogen-bond acceptors (Lipinski definition) is 9. The lowest BCUT2D eigenvalue weighted by Crippen LogP contribution is -2.61. The second-order valence-electron chi connectivity index (χ2n) is 9.21. The summed E-state index contributed by atoms with van der Waals surface area (Å²) >= 11 is 0. The van der Waals surface area contributed by atoms with Crippen molar-refractivity contribution < 1.29 is 43.3 Å². The van der Waals surface area contributed by atoms with Gasteiger partial charge in [-0.15, -0.1) is 0 Å². The van der Waals surface area contributed by atoms with Crippen LogP contribution in [0.15, 0.2) is 0 Å². The Morgan fingerprint density at radius 3 is 2.22 bits per heavy atom. The Bertz CT molecular complexity index is 725. The van der Waals surface area contributed by atoms with Gasteiger partial charge in [-0.25, -0.2) is 19.2 Å². The van der Waals surface area contributed by atoms with Gasteiger partial charge in [0.2, 0.25) is 5.91 Å². The van der Waals surface area contributed by atoms with E-state index in [0.717, 1.165) is 4.90 Å². The summed E-state index contributed by atoms with van der Waals surface area (Å²) in [6, 6.07) is -0.744. The number of nitrogens with one attached hydrogen (secondary N) is 2. The molecule has 1 fully saturated rings. The van der Waals surface area contributed by atoms with Crippen LogP contribution in [-0.2, 0) is 33.4 Å². The first-order valence-corrected chi connectivity index (χ1v) is 10.3. The SMILES string of the molecule is CC(C)(C)OC(=O)NCCC[C@@H]1NCCN(C(OC(=O)C(=O)OC(C)(C)C)C(=O)O)C1=O. The minimum Gasteiger partial charge on any atom is -0.477 e. The lowest BCUT2D eigenvalue weighted by molar-refractivity contribution is -0.192. The Kier molecular flexibility index (Phi) is 9.43. The first-order valence-electron chi connectivity index (χ1n) is 10.3. The molecule has 0 spiro atoms. The van der Waals surface area contributed by atoms with Crippen LogP contribution >= 0.6 is 0 Å². The molecule has 12 heteroatoms. The predicted octanol–water partition coefficient (Wildman–Crippen LogP) is 0.387. The number of hydrogen-bond donors (Lipinski definition) is 3. The third-order valence-corrected chi connectivity index (χ3v) is 3.94. The second kappa shape index (κ2) is 11.1. The van der Waals surface area contributed by atoms with E-state index in [0.29, 0.717) is 6.42 Å². The largest absolute Gasteiger partial charge is 0.477 e. The topological polar surface area (TPSA) is 161 Å².